The number of rotatable bonds is 3. The van der Waals surface area contributed by atoms with Crippen molar-refractivity contribution in [2.24, 2.45) is 0 Å². The highest BCUT2D eigenvalue weighted by Crippen LogP contribution is 2.32. The second kappa shape index (κ2) is 7.06. The van der Waals surface area contributed by atoms with Crippen LogP contribution in [0.2, 0.25) is 0 Å². The average molecular weight is 363 g/mol. The molecule has 140 valence electrons. The Morgan fingerprint density at radius 2 is 1.78 bits per heavy atom. The molecule has 2 heterocycles. The molecule has 2 amide bonds. The monoisotopic (exact) mass is 363 g/mol. The van der Waals surface area contributed by atoms with Crippen LogP contribution in [0, 0.1) is 6.92 Å². The minimum Gasteiger partial charge on any atom is -0.362 e. The number of nitrogens with one attached hydrogen (secondary N) is 2. The first-order valence-corrected chi connectivity index (χ1v) is 9.58. The fourth-order valence-electron chi connectivity index (χ4n) is 4.08. The van der Waals surface area contributed by atoms with Crippen LogP contribution in [0.4, 0.5) is 5.69 Å². The number of fused-ring (bicyclic) bond motifs is 1. The van der Waals surface area contributed by atoms with Crippen LogP contribution in [-0.4, -0.2) is 35.5 Å². The lowest BCUT2D eigenvalue weighted by molar-refractivity contribution is -0.132. The van der Waals surface area contributed by atoms with E-state index in [4.69, 9.17) is 0 Å². The molecule has 5 nitrogen and oxygen atoms in total. The normalized spacial score (nSPS) is 17.8. The number of likely N-dealkylation sites (tertiary alicyclic amines) is 1. The molecule has 2 aromatic rings. The fourth-order valence-corrected chi connectivity index (χ4v) is 4.08. The van der Waals surface area contributed by atoms with E-state index >= 15 is 0 Å². The first-order valence-electron chi connectivity index (χ1n) is 9.58. The van der Waals surface area contributed by atoms with Crippen LogP contribution in [-0.2, 0) is 11.2 Å². The summed E-state index contributed by atoms with van der Waals surface area (Å²) in [5.74, 6) is 0.165. The first kappa shape index (κ1) is 17.6. The van der Waals surface area contributed by atoms with E-state index in [1.54, 1.807) is 0 Å². The van der Waals surface area contributed by atoms with Crippen molar-refractivity contribution >= 4 is 17.5 Å². The Morgan fingerprint density at radius 1 is 1.04 bits per heavy atom. The van der Waals surface area contributed by atoms with Crippen molar-refractivity contribution in [1.29, 1.82) is 0 Å². The van der Waals surface area contributed by atoms with Gasteiger partial charge in [0, 0.05) is 38.0 Å². The van der Waals surface area contributed by atoms with Crippen LogP contribution in [0.25, 0.3) is 0 Å². The topological polar surface area (TPSA) is 61.4 Å². The van der Waals surface area contributed by atoms with Crippen LogP contribution in [0.3, 0.4) is 0 Å². The summed E-state index contributed by atoms with van der Waals surface area (Å²) in [6.07, 6.45) is 2.72. The molecule has 4 rings (SSSR count). The Hall–Kier alpha value is -2.82. The quantitative estimate of drug-likeness (QED) is 0.881. The van der Waals surface area contributed by atoms with E-state index < -0.39 is 5.66 Å². The number of carbonyl (C=O) groups is 2. The fraction of sp³-hybridized carbons (Fsp3) is 0.364. The minimum absolute atomic E-state index is 0.0225. The second-order valence-corrected chi connectivity index (χ2v) is 7.53. The number of hydrogen-bond donors (Lipinski definition) is 2. The lowest BCUT2D eigenvalue weighted by atomic mass is 9.91. The Bertz CT molecular complexity index is 855. The summed E-state index contributed by atoms with van der Waals surface area (Å²) in [6, 6.07) is 16.0. The van der Waals surface area contributed by atoms with Gasteiger partial charge in [0.2, 0.25) is 5.91 Å². The van der Waals surface area contributed by atoms with Gasteiger partial charge >= 0.3 is 0 Å². The van der Waals surface area contributed by atoms with Crippen molar-refractivity contribution in [2.75, 3.05) is 18.4 Å². The molecule has 0 aromatic heterocycles. The number of nitrogens with zero attached hydrogens (tertiary/aromatic N) is 1. The van der Waals surface area contributed by atoms with Gasteiger partial charge in [0.05, 0.1) is 5.56 Å². The number of benzene rings is 2. The Labute approximate surface area is 159 Å². The van der Waals surface area contributed by atoms with E-state index in [0.717, 1.165) is 23.2 Å². The molecule has 0 bridgehead atoms. The minimum atomic E-state index is -0.450. The molecule has 2 N–H and O–H groups in total. The summed E-state index contributed by atoms with van der Waals surface area (Å²) < 4.78 is 0. The Balaban J connectivity index is 1.37. The first-order chi connectivity index (χ1) is 13.1. The van der Waals surface area contributed by atoms with Gasteiger partial charge in [0.1, 0.15) is 5.66 Å². The third-order valence-corrected chi connectivity index (χ3v) is 5.67. The number of aryl methyl sites for hydroxylation is 2. The summed E-state index contributed by atoms with van der Waals surface area (Å²) in [5.41, 5.74) is 3.33. The van der Waals surface area contributed by atoms with Gasteiger partial charge in [-0.25, -0.2) is 0 Å². The highest BCUT2D eigenvalue weighted by Gasteiger charge is 2.41. The molecule has 0 unspecified atom stereocenters. The van der Waals surface area contributed by atoms with Crippen molar-refractivity contribution in [3.05, 3.63) is 65.2 Å². The van der Waals surface area contributed by atoms with Crippen molar-refractivity contribution < 1.29 is 9.59 Å². The molecule has 1 fully saturated rings. The van der Waals surface area contributed by atoms with Crippen LogP contribution in [0.5, 0.6) is 0 Å². The van der Waals surface area contributed by atoms with Crippen molar-refractivity contribution in [3.8, 4) is 0 Å². The van der Waals surface area contributed by atoms with E-state index in [1.165, 1.54) is 5.56 Å². The molecular formula is C22H25N3O2. The summed E-state index contributed by atoms with van der Waals surface area (Å²) in [4.78, 5) is 27.1. The molecule has 2 aliphatic heterocycles. The highest BCUT2D eigenvalue weighted by atomic mass is 16.2. The van der Waals surface area contributed by atoms with Gasteiger partial charge in [-0.05, 0) is 30.5 Å². The molecule has 27 heavy (non-hydrogen) atoms. The van der Waals surface area contributed by atoms with Gasteiger partial charge in [0.15, 0.2) is 0 Å². The zero-order valence-electron chi connectivity index (χ0n) is 15.6. The van der Waals surface area contributed by atoms with E-state index in [0.29, 0.717) is 32.4 Å². The summed E-state index contributed by atoms with van der Waals surface area (Å²) in [6.45, 7) is 3.26. The van der Waals surface area contributed by atoms with Crippen LogP contribution >= 0.6 is 0 Å². The predicted molar refractivity (Wildman–Crippen MR) is 106 cm³/mol. The standard InChI is InChI=1S/C22H25N3O2/c1-16-6-5-9-18-20(16)21(27)24-22(23-18)12-14-25(15-13-22)19(26)11-10-17-7-3-2-4-8-17/h2-9,23H,10-15H2,1H3,(H,24,27). The van der Waals surface area contributed by atoms with Crippen molar-refractivity contribution in [3.63, 3.8) is 0 Å². The van der Waals surface area contributed by atoms with Crippen LogP contribution in [0.15, 0.2) is 48.5 Å². The van der Waals surface area contributed by atoms with Gasteiger partial charge in [-0.15, -0.1) is 0 Å². The predicted octanol–water partition coefficient (Wildman–Crippen LogP) is 3.10. The molecule has 2 aliphatic rings. The average Bonchev–Trinajstić information content (AvgIpc) is 2.67. The SMILES string of the molecule is Cc1cccc2c1C(=O)NC1(CCN(C(=O)CCc3ccccc3)CC1)N2. The number of carbonyl (C=O) groups excluding carboxylic acids is 2. The summed E-state index contributed by atoms with van der Waals surface area (Å²) in [5, 5.41) is 6.69. The summed E-state index contributed by atoms with van der Waals surface area (Å²) in [7, 11) is 0. The van der Waals surface area contributed by atoms with Crippen LogP contribution in [0.1, 0.15) is 40.7 Å². The highest BCUT2D eigenvalue weighted by molar-refractivity contribution is 6.03. The molecule has 0 radical (unpaired) electrons. The van der Waals surface area contributed by atoms with Crippen molar-refractivity contribution in [2.45, 2.75) is 38.3 Å². The molecule has 5 heteroatoms. The number of amides is 2. The van der Waals surface area contributed by atoms with Gasteiger partial charge in [-0.3, -0.25) is 9.59 Å². The van der Waals surface area contributed by atoms with Gasteiger partial charge in [-0.2, -0.15) is 0 Å². The second-order valence-electron chi connectivity index (χ2n) is 7.53. The third-order valence-electron chi connectivity index (χ3n) is 5.67. The van der Waals surface area contributed by atoms with Gasteiger partial charge < -0.3 is 15.5 Å². The molecule has 1 saturated heterocycles. The van der Waals surface area contributed by atoms with Gasteiger partial charge in [-0.1, -0.05) is 42.5 Å². The van der Waals surface area contributed by atoms with Gasteiger partial charge in [0.25, 0.3) is 5.91 Å². The van der Waals surface area contributed by atoms with E-state index in [-0.39, 0.29) is 11.8 Å². The smallest absolute Gasteiger partial charge is 0.255 e. The van der Waals surface area contributed by atoms with Crippen LogP contribution < -0.4 is 10.6 Å². The Kier molecular flexibility index (Phi) is 4.60. The zero-order chi connectivity index (χ0) is 18.9. The largest absolute Gasteiger partial charge is 0.362 e. The third kappa shape index (κ3) is 3.54. The maximum Gasteiger partial charge on any atom is 0.255 e. The molecule has 2 aromatic carbocycles. The molecule has 1 spiro atoms. The lowest BCUT2D eigenvalue weighted by Gasteiger charge is -2.46. The van der Waals surface area contributed by atoms with E-state index in [1.807, 2.05) is 48.2 Å². The molecule has 0 aliphatic carbocycles. The maximum absolute atomic E-state index is 12.6. The lowest BCUT2D eigenvalue weighted by Crippen LogP contribution is -2.62. The Morgan fingerprint density at radius 3 is 2.52 bits per heavy atom. The number of hydrogen-bond acceptors (Lipinski definition) is 3. The van der Waals surface area contributed by atoms with Crippen molar-refractivity contribution in [1.82, 2.24) is 10.2 Å². The molecular weight excluding hydrogens is 338 g/mol. The summed E-state index contributed by atoms with van der Waals surface area (Å²) >= 11 is 0. The molecule has 0 atom stereocenters. The zero-order valence-corrected chi connectivity index (χ0v) is 15.6. The van der Waals surface area contributed by atoms with E-state index in [9.17, 15) is 9.59 Å². The number of piperidine rings is 1. The maximum atomic E-state index is 12.6. The molecule has 0 saturated carbocycles. The van der Waals surface area contributed by atoms with E-state index in [2.05, 4.69) is 22.8 Å². The number of anilines is 1.